The standard InChI is InChI=1S/C14H25N3/c1-11(2)8-15-9-13(4)17-10-14-12(3)6-5-7-16-14/h5-7,11,13,15,17H,8-10H2,1-4H3. The molecule has 0 radical (unpaired) electrons. The zero-order chi connectivity index (χ0) is 12.7. The average molecular weight is 235 g/mol. The quantitative estimate of drug-likeness (QED) is 0.760. The Bertz CT molecular complexity index is 323. The van der Waals surface area contributed by atoms with E-state index < -0.39 is 0 Å². The molecule has 0 aliphatic heterocycles. The Morgan fingerprint density at radius 3 is 2.65 bits per heavy atom. The van der Waals surface area contributed by atoms with Gasteiger partial charge in [0.05, 0.1) is 5.69 Å². The Kier molecular flexibility index (Phi) is 6.16. The van der Waals surface area contributed by atoms with E-state index in [-0.39, 0.29) is 0 Å². The molecule has 1 rings (SSSR count). The van der Waals surface area contributed by atoms with Crippen LogP contribution in [-0.2, 0) is 6.54 Å². The van der Waals surface area contributed by atoms with E-state index in [1.165, 1.54) is 5.56 Å². The molecule has 1 heterocycles. The lowest BCUT2D eigenvalue weighted by Crippen LogP contribution is -2.37. The highest BCUT2D eigenvalue weighted by molar-refractivity contribution is 5.17. The summed E-state index contributed by atoms with van der Waals surface area (Å²) >= 11 is 0. The molecule has 0 aliphatic rings. The van der Waals surface area contributed by atoms with E-state index in [4.69, 9.17) is 0 Å². The molecule has 3 heteroatoms. The maximum atomic E-state index is 4.38. The predicted octanol–water partition coefficient (Wildman–Crippen LogP) is 2.11. The van der Waals surface area contributed by atoms with Gasteiger partial charge in [0.2, 0.25) is 0 Å². The van der Waals surface area contributed by atoms with Gasteiger partial charge < -0.3 is 10.6 Å². The topological polar surface area (TPSA) is 37.0 Å². The van der Waals surface area contributed by atoms with Crippen LogP contribution < -0.4 is 10.6 Å². The average Bonchev–Trinajstić information content (AvgIpc) is 2.27. The second kappa shape index (κ2) is 7.41. The molecule has 3 nitrogen and oxygen atoms in total. The largest absolute Gasteiger partial charge is 0.315 e. The van der Waals surface area contributed by atoms with Crippen LogP contribution in [0.25, 0.3) is 0 Å². The van der Waals surface area contributed by atoms with Crippen LogP contribution in [0.3, 0.4) is 0 Å². The van der Waals surface area contributed by atoms with E-state index in [2.05, 4.69) is 49.4 Å². The van der Waals surface area contributed by atoms with Gasteiger partial charge in [0.25, 0.3) is 0 Å². The molecule has 17 heavy (non-hydrogen) atoms. The van der Waals surface area contributed by atoms with Crippen molar-refractivity contribution in [2.75, 3.05) is 13.1 Å². The van der Waals surface area contributed by atoms with Crippen LogP contribution in [-0.4, -0.2) is 24.1 Å². The van der Waals surface area contributed by atoms with Crippen LogP contribution in [0.1, 0.15) is 32.0 Å². The van der Waals surface area contributed by atoms with Crippen molar-refractivity contribution in [3.63, 3.8) is 0 Å². The summed E-state index contributed by atoms with van der Waals surface area (Å²) in [5, 5.41) is 6.94. The first kappa shape index (κ1) is 14.1. The smallest absolute Gasteiger partial charge is 0.0570 e. The van der Waals surface area contributed by atoms with E-state index in [9.17, 15) is 0 Å². The number of nitrogens with one attached hydrogen (secondary N) is 2. The van der Waals surface area contributed by atoms with E-state index in [0.717, 1.165) is 25.3 Å². The van der Waals surface area contributed by atoms with Crippen molar-refractivity contribution in [2.24, 2.45) is 5.92 Å². The third-order valence-corrected chi connectivity index (χ3v) is 2.74. The number of hydrogen-bond acceptors (Lipinski definition) is 3. The molecule has 0 bridgehead atoms. The zero-order valence-electron chi connectivity index (χ0n) is 11.5. The minimum atomic E-state index is 0.468. The maximum absolute atomic E-state index is 4.38. The van der Waals surface area contributed by atoms with Crippen molar-refractivity contribution in [2.45, 2.75) is 40.3 Å². The number of hydrogen-bond donors (Lipinski definition) is 2. The molecule has 0 aliphatic carbocycles. The SMILES string of the molecule is Cc1cccnc1CNC(C)CNCC(C)C. The van der Waals surface area contributed by atoms with Crippen molar-refractivity contribution >= 4 is 0 Å². The molecule has 96 valence electrons. The number of rotatable bonds is 7. The first-order valence-corrected chi connectivity index (χ1v) is 6.44. The highest BCUT2D eigenvalue weighted by atomic mass is 15.0. The molecule has 0 saturated heterocycles. The molecule has 0 fully saturated rings. The van der Waals surface area contributed by atoms with Gasteiger partial charge in [0.1, 0.15) is 0 Å². The van der Waals surface area contributed by atoms with Crippen molar-refractivity contribution in [1.29, 1.82) is 0 Å². The molecule has 0 saturated carbocycles. The minimum Gasteiger partial charge on any atom is -0.315 e. The second-order valence-electron chi connectivity index (χ2n) is 5.10. The predicted molar refractivity (Wildman–Crippen MR) is 73.0 cm³/mol. The van der Waals surface area contributed by atoms with E-state index in [1.807, 2.05) is 12.3 Å². The Morgan fingerprint density at radius 1 is 1.24 bits per heavy atom. The first-order valence-electron chi connectivity index (χ1n) is 6.44. The molecule has 1 aromatic heterocycles. The number of nitrogens with zero attached hydrogens (tertiary/aromatic N) is 1. The van der Waals surface area contributed by atoms with Crippen molar-refractivity contribution in [1.82, 2.24) is 15.6 Å². The van der Waals surface area contributed by atoms with Gasteiger partial charge in [0, 0.05) is 25.3 Å². The summed E-state index contributed by atoms with van der Waals surface area (Å²) in [7, 11) is 0. The van der Waals surface area contributed by atoms with Crippen molar-refractivity contribution in [3.05, 3.63) is 29.6 Å². The van der Waals surface area contributed by atoms with Gasteiger partial charge in [-0.1, -0.05) is 19.9 Å². The summed E-state index contributed by atoms with van der Waals surface area (Å²) in [4.78, 5) is 4.38. The molecule has 2 N–H and O–H groups in total. The van der Waals surface area contributed by atoms with Gasteiger partial charge in [-0.3, -0.25) is 4.98 Å². The summed E-state index contributed by atoms with van der Waals surface area (Å²) in [6.07, 6.45) is 1.85. The summed E-state index contributed by atoms with van der Waals surface area (Å²) in [5.41, 5.74) is 2.39. The van der Waals surface area contributed by atoms with Gasteiger partial charge in [-0.2, -0.15) is 0 Å². The van der Waals surface area contributed by atoms with Crippen LogP contribution in [0.4, 0.5) is 0 Å². The number of aryl methyl sites for hydroxylation is 1. The Morgan fingerprint density at radius 2 is 2.00 bits per heavy atom. The van der Waals surface area contributed by atoms with E-state index in [0.29, 0.717) is 12.0 Å². The minimum absolute atomic E-state index is 0.468. The van der Waals surface area contributed by atoms with Gasteiger partial charge in [-0.25, -0.2) is 0 Å². The van der Waals surface area contributed by atoms with Gasteiger partial charge >= 0.3 is 0 Å². The van der Waals surface area contributed by atoms with Gasteiger partial charge in [-0.05, 0) is 37.9 Å². The maximum Gasteiger partial charge on any atom is 0.0570 e. The normalized spacial score (nSPS) is 13.0. The zero-order valence-corrected chi connectivity index (χ0v) is 11.5. The lowest BCUT2D eigenvalue weighted by Gasteiger charge is -2.16. The molecule has 0 amide bonds. The third-order valence-electron chi connectivity index (χ3n) is 2.74. The fraction of sp³-hybridized carbons (Fsp3) is 0.643. The van der Waals surface area contributed by atoms with Crippen molar-refractivity contribution in [3.8, 4) is 0 Å². The highest BCUT2D eigenvalue weighted by Crippen LogP contribution is 2.02. The first-order chi connectivity index (χ1) is 8.09. The number of aromatic nitrogens is 1. The molecular weight excluding hydrogens is 210 g/mol. The molecule has 1 unspecified atom stereocenters. The van der Waals surface area contributed by atoms with Crippen LogP contribution in [0.2, 0.25) is 0 Å². The second-order valence-corrected chi connectivity index (χ2v) is 5.10. The van der Waals surface area contributed by atoms with Crippen LogP contribution in [0, 0.1) is 12.8 Å². The lowest BCUT2D eigenvalue weighted by atomic mass is 10.2. The summed E-state index contributed by atoms with van der Waals surface area (Å²) in [6.45, 7) is 11.7. The molecule has 1 atom stereocenters. The summed E-state index contributed by atoms with van der Waals surface area (Å²) < 4.78 is 0. The summed E-state index contributed by atoms with van der Waals surface area (Å²) in [6, 6.07) is 4.55. The molecule has 0 aromatic carbocycles. The number of pyridine rings is 1. The Labute approximate surface area is 105 Å². The Balaban J connectivity index is 2.24. The van der Waals surface area contributed by atoms with E-state index in [1.54, 1.807) is 0 Å². The monoisotopic (exact) mass is 235 g/mol. The van der Waals surface area contributed by atoms with Crippen molar-refractivity contribution < 1.29 is 0 Å². The van der Waals surface area contributed by atoms with Gasteiger partial charge in [-0.15, -0.1) is 0 Å². The van der Waals surface area contributed by atoms with Crippen LogP contribution in [0.5, 0.6) is 0 Å². The molecule has 1 aromatic rings. The fourth-order valence-electron chi connectivity index (χ4n) is 1.64. The van der Waals surface area contributed by atoms with E-state index >= 15 is 0 Å². The molecular formula is C14H25N3. The lowest BCUT2D eigenvalue weighted by molar-refractivity contribution is 0.469. The van der Waals surface area contributed by atoms with Gasteiger partial charge in [0.15, 0.2) is 0 Å². The third kappa shape index (κ3) is 5.80. The van der Waals surface area contributed by atoms with Crippen LogP contribution >= 0.6 is 0 Å². The summed E-state index contributed by atoms with van der Waals surface area (Å²) in [5.74, 6) is 0.709. The highest BCUT2D eigenvalue weighted by Gasteiger charge is 2.03. The van der Waals surface area contributed by atoms with Crippen LogP contribution in [0.15, 0.2) is 18.3 Å². The Hall–Kier alpha value is -0.930. The molecule has 0 spiro atoms. The fourth-order valence-corrected chi connectivity index (χ4v) is 1.64.